The lowest BCUT2D eigenvalue weighted by atomic mass is 10.2. The Morgan fingerprint density at radius 1 is 1.03 bits per heavy atom. The number of pyridine rings is 1. The lowest BCUT2D eigenvalue weighted by Crippen LogP contribution is -2.25. The standard InChI is InChI=1S/C23H20ClN5O3/c24-17-6-4-16(5-7-17)15-29-23(27-22(31)20(28-29)12-14-30)26-18-8-10-19(11-9-18)32-21-3-1-2-13-25-21/h1-11,13,30H,12,14-15H2,(H,26,27,31). The average Bonchev–Trinajstić information content (AvgIpc) is 2.80. The molecular weight excluding hydrogens is 430 g/mol. The molecule has 2 heterocycles. The SMILES string of the molecule is O=c1nc(Nc2ccc(Oc3ccccn3)cc2)n(Cc2ccc(Cl)cc2)nc1CCO. The zero-order valence-corrected chi connectivity index (χ0v) is 17.7. The van der Waals surface area contributed by atoms with Gasteiger partial charge in [-0.3, -0.25) is 4.79 Å². The van der Waals surface area contributed by atoms with E-state index in [1.54, 1.807) is 53.3 Å². The summed E-state index contributed by atoms with van der Waals surface area (Å²) < 4.78 is 7.29. The third-order valence-corrected chi connectivity index (χ3v) is 4.76. The largest absolute Gasteiger partial charge is 0.439 e. The van der Waals surface area contributed by atoms with Gasteiger partial charge in [-0.15, -0.1) is 0 Å². The van der Waals surface area contributed by atoms with Crippen LogP contribution >= 0.6 is 11.6 Å². The van der Waals surface area contributed by atoms with E-state index in [1.807, 2.05) is 24.3 Å². The van der Waals surface area contributed by atoms with E-state index in [-0.39, 0.29) is 24.7 Å². The monoisotopic (exact) mass is 449 g/mol. The summed E-state index contributed by atoms with van der Waals surface area (Å²) in [5.41, 5.74) is 1.35. The van der Waals surface area contributed by atoms with Crippen LogP contribution in [0, 0.1) is 0 Å². The molecule has 0 radical (unpaired) electrons. The highest BCUT2D eigenvalue weighted by atomic mass is 35.5. The van der Waals surface area contributed by atoms with Gasteiger partial charge >= 0.3 is 0 Å². The fourth-order valence-electron chi connectivity index (χ4n) is 2.95. The van der Waals surface area contributed by atoms with Crippen LogP contribution in [0.5, 0.6) is 11.6 Å². The summed E-state index contributed by atoms with van der Waals surface area (Å²) in [6, 6.07) is 19.9. The summed E-state index contributed by atoms with van der Waals surface area (Å²) in [6.07, 6.45) is 1.79. The highest BCUT2D eigenvalue weighted by Gasteiger charge is 2.12. The molecule has 0 aliphatic carbocycles. The van der Waals surface area contributed by atoms with Crippen LogP contribution in [0.4, 0.5) is 11.6 Å². The molecule has 0 fully saturated rings. The molecule has 0 aliphatic rings. The van der Waals surface area contributed by atoms with Gasteiger partial charge in [-0.1, -0.05) is 29.8 Å². The molecule has 0 saturated carbocycles. The molecule has 2 N–H and O–H groups in total. The third-order valence-electron chi connectivity index (χ3n) is 4.51. The Bertz CT molecular complexity index is 1230. The van der Waals surface area contributed by atoms with Crippen LogP contribution in [0.3, 0.4) is 0 Å². The quantitative estimate of drug-likeness (QED) is 0.421. The van der Waals surface area contributed by atoms with Crippen molar-refractivity contribution >= 4 is 23.2 Å². The Kier molecular flexibility index (Phi) is 6.74. The number of aromatic nitrogens is 4. The molecule has 4 rings (SSSR count). The van der Waals surface area contributed by atoms with Gasteiger partial charge in [0, 0.05) is 36.0 Å². The van der Waals surface area contributed by atoms with Crippen LogP contribution in [0.1, 0.15) is 11.3 Å². The molecule has 2 aromatic carbocycles. The molecule has 0 aliphatic heterocycles. The van der Waals surface area contributed by atoms with Gasteiger partial charge in [0.1, 0.15) is 11.4 Å². The summed E-state index contributed by atoms with van der Waals surface area (Å²) in [5.74, 6) is 1.40. The minimum Gasteiger partial charge on any atom is -0.439 e. The van der Waals surface area contributed by atoms with E-state index in [2.05, 4.69) is 20.4 Å². The lowest BCUT2D eigenvalue weighted by molar-refractivity contribution is 0.296. The number of rotatable bonds is 8. The Morgan fingerprint density at radius 3 is 2.50 bits per heavy atom. The number of halogens is 1. The van der Waals surface area contributed by atoms with E-state index in [4.69, 9.17) is 16.3 Å². The van der Waals surface area contributed by atoms with Crippen molar-refractivity contribution in [2.45, 2.75) is 13.0 Å². The number of hydrogen-bond acceptors (Lipinski definition) is 7. The minimum absolute atomic E-state index is 0.131. The van der Waals surface area contributed by atoms with Crippen LogP contribution in [0.2, 0.25) is 5.02 Å². The molecule has 162 valence electrons. The van der Waals surface area contributed by atoms with Gasteiger partial charge in [0.15, 0.2) is 0 Å². The van der Waals surface area contributed by atoms with Crippen LogP contribution in [-0.4, -0.2) is 31.5 Å². The Labute approximate surface area is 189 Å². The van der Waals surface area contributed by atoms with Crippen molar-refractivity contribution in [1.82, 2.24) is 19.7 Å². The van der Waals surface area contributed by atoms with E-state index in [0.717, 1.165) is 5.56 Å². The van der Waals surface area contributed by atoms with Crippen LogP contribution in [0.15, 0.2) is 77.7 Å². The zero-order chi connectivity index (χ0) is 22.3. The van der Waals surface area contributed by atoms with E-state index >= 15 is 0 Å². The van der Waals surface area contributed by atoms with Crippen molar-refractivity contribution in [2.24, 2.45) is 0 Å². The second-order valence-corrected chi connectivity index (χ2v) is 7.30. The van der Waals surface area contributed by atoms with E-state index in [9.17, 15) is 9.90 Å². The molecule has 0 spiro atoms. The van der Waals surface area contributed by atoms with Gasteiger partial charge in [-0.05, 0) is 48.0 Å². The average molecular weight is 450 g/mol. The first kappa shape index (κ1) is 21.5. The predicted molar refractivity (Wildman–Crippen MR) is 122 cm³/mol. The molecule has 0 saturated heterocycles. The maximum atomic E-state index is 12.3. The normalized spacial score (nSPS) is 10.7. The number of hydrogen-bond donors (Lipinski definition) is 2. The number of aliphatic hydroxyl groups is 1. The number of benzene rings is 2. The summed E-state index contributed by atoms with van der Waals surface area (Å²) in [4.78, 5) is 20.6. The molecular formula is C23H20ClN5O3. The van der Waals surface area contributed by atoms with Gasteiger partial charge in [-0.25, -0.2) is 9.67 Å². The van der Waals surface area contributed by atoms with Gasteiger partial charge in [-0.2, -0.15) is 10.1 Å². The number of nitrogens with one attached hydrogen (secondary N) is 1. The first-order chi connectivity index (χ1) is 15.6. The van der Waals surface area contributed by atoms with Gasteiger partial charge in [0.2, 0.25) is 11.8 Å². The molecule has 2 aromatic heterocycles. The van der Waals surface area contributed by atoms with E-state index in [0.29, 0.717) is 28.9 Å². The molecule has 9 heteroatoms. The van der Waals surface area contributed by atoms with Crippen molar-refractivity contribution < 1.29 is 9.84 Å². The van der Waals surface area contributed by atoms with Crippen molar-refractivity contribution in [3.8, 4) is 11.6 Å². The molecule has 0 bridgehead atoms. The summed E-state index contributed by atoms with van der Waals surface area (Å²) in [7, 11) is 0. The first-order valence-electron chi connectivity index (χ1n) is 9.90. The Morgan fingerprint density at radius 2 is 1.81 bits per heavy atom. The molecule has 0 unspecified atom stereocenters. The fourth-order valence-corrected chi connectivity index (χ4v) is 3.07. The number of ether oxygens (including phenoxy) is 1. The maximum Gasteiger partial charge on any atom is 0.296 e. The van der Waals surface area contributed by atoms with Crippen LogP contribution in [-0.2, 0) is 13.0 Å². The summed E-state index contributed by atoms with van der Waals surface area (Å²) >= 11 is 5.97. The second kappa shape index (κ2) is 10.0. The number of aliphatic hydroxyl groups excluding tert-OH is 1. The predicted octanol–water partition coefficient (Wildman–Crippen LogP) is 3.81. The minimum atomic E-state index is -0.482. The summed E-state index contributed by atoms with van der Waals surface area (Å²) in [6.45, 7) is 0.182. The Balaban J connectivity index is 1.58. The zero-order valence-electron chi connectivity index (χ0n) is 17.0. The fraction of sp³-hybridized carbons (Fsp3) is 0.130. The third kappa shape index (κ3) is 5.48. The molecule has 4 aromatic rings. The van der Waals surface area contributed by atoms with Gasteiger partial charge in [0.25, 0.3) is 5.56 Å². The second-order valence-electron chi connectivity index (χ2n) is 6.86. The molecule has 8 nitrogen and oxygen atoms in total. The first-order valence-corrected chi connectivity index (χ1v) is 10.3. The number of anilines is 2. The highest BCUT2D eigenvalue weighted by molar-refractivity contribution is 6.30. The molecule has 0 atom stereocenters. The summed E-state index contributed by atoms with van der Waals surface area (Å²) in [5, 5.41) is 17.4. The van der Waals surface area contributed by atoms with E-state index < -0.39 is 5.56 Å². The molecule has 32 heavy (non-hydrogen) atoms. The smallest absolute Gasteiger partial charge is 0.296 e. The highest BCUT2D eigenvalue weighted by Crippen LogP contribution is 2.23. The van der Waals surface area contributed by atoms with Crippen molar-refractivity contribution in [1.29, 1.82) is 0 Å². The van der Waals surface area contributed by atoms with Gasteiger partial charge in [0.05, 0.1) is 6.54 Å². The van der Waals surface area contributed by atoms with Crippen molar-refractivity contribution in [3.63, 3.8) is 0 Å². The Hall–Kier alpha value is -3.75. The topological polar surface area (TPSA) is 102 Å². The maximum absolute atomic E-state index is 12.3. The van der Waals surface area contributed by atoms with Gasteiger partial charge < -0.3 is 15.2 Å². The number of nitrogens with zero attached hydrogens (tertiary/aromatic N) is 4. The lowest BCUT2D eigenvalue weighted by Gasteiger charge is -2.14. The molecule has 0 amide bonds. The van der Waals surface area contributed by atoms with E-state index in [1.165, 1.54) is 0 Å². The van der Waals surface area contributed by atoms with Crippen molar-refractivity contribution in [3.05, 3.63) is 99.6 Å². The van der Waals surface area contributed by atoms with Crippen LogP contribution in [0.25, 0.3) is 0 Å². The van der Waals surface area contributed by atoms with Crippen molar-refractivity contribution in [2.75, 3.05) is 11.9 Å². The van der Waals surface area contributed by atoms with Crippen LogP contribution < -0.4 is 15.6 Å².